The molecule has 1 aliphatic rings. The zero-order chi connectivity index (χ0) is 43.6. The van der Waals surface area contributed by atoms with Gasteiger partial charge in [0.25, 0.3) is 14.4 Å². The zero-order valence-corrected chi connectivity index (χ0v) is 36.7. The molecule has 3 atom stereocenters. The van der Waals surface area contributed by atoms with E-state index < -0.39 is 20.4 Å². The molecule has 1 N–H and O–H groups in total. The van der Waals surface area contributed by atoms with E-state index in [1.807, 2.05) is 89.5 Å². The van der Waals surface area contributed by atoms with Crippen molar-refractivity contribution in [1.82, 2.24) is 24.2 Å². The zero-order valence-electron chi connectivity index (χ0n) is 35.8. The van der Waals surface area contributed by atoms with E-state index in [4.69, 9.17) is 38.0 Å². The smallest absolute Gasteiger partial charge is 0.259 e. The molecular formula is C47H52N7O7P. The minimum atomic E-state index is -1.53. The van der Waals surface area contributed by atoms with E-state index in [1.54, 1.807) is 38.5 Å². The Labute approximate surface area is 363 Å². The van der Waals surface area contributed by atoms with Crippen molar-refractivity contribution in [1.29, 1.82) is 5.26 Å². The van der Waals surface area contributed by atoms with Crippen molar-refractivity contribution in [2.45, 2.75) is 77.2 Å². The van der Waals surface area contributed by atoms with E-state index in [0.29, 0.717) is 40.5 Å². The van der Waals surface area contributed by atoms with Gasteiger partial charge in [0.15, 0.2) is 17.0 Å². The monoisotopic (exact) mass is 857 g/mol. The van der Waals surface area contributed by atoms with Crippen LogP contribution < -0.4 is 14.8 Å². The molecule has 1 amide bonds. The van der Waals surface area contributed by atoms with E-state index in [-0.39, 0.29) is 56.2 Å². The Morgan fingerprint density at radius 2 is 1.48 bits per heavy atom. The summed E-state index contributed by atoms with van der Waals surface area (Å²) in [7, 11) is 1.75. The summed E-state index contributed by atoms with van der Waals surface area (Å²) in [4.78, 5) is 27.8. The molecule has 15 heteroatoms. The molecule has 1 saturated heterocycles. The molecule has 2 aromatic heterocycles. The van der Waals surface area contributed by atoms with Gasteiger partial charge in [-0.15, -0.1) is 0 Å². The molecule has 0 radical (unpaired) electrons. The van der Waals surface area contributed by atoms with E-state index in [9.17, 15) is 10.1 Å². The van der Waals surface area contributed by atoms with Crippen molar-refractivity contribution in [2.75, 3.05) is 32.8 Å². The van der Waals surface area contributed by atoms with Crippen LogP contribution >= 0.6 is 8.53 Å². The summed E-state index contributed by atoms with van der Waals surface area (Å²) < 4.78 is 42.1. The van der Waals surface area contributed by atoms with Gasteiger partial charge in [-0.05, 0) is 80.8 Å². The quantitative estimate of drug-likeness (QED) is 0.0469. The number of rotatable bonds is 19. The molecule has 3 heterocycles. The average Bonchev–Trinajstić information content (AvgIpc) is 3.92. The average molecular weight is 858 g/mol. The Bertz CT molecular complexity index is 2370. The first-order valence-corrected chi connectivity index (χ1v) is 21.7. The number of fused-ring (bicyclic) bond motifs is 1. The lowest BCUT2D eigenvalue weighted by Gasteiger charge is -2.36. The Balaban J connectivity index is 1.31. The maximum atomic E-state index is 13.5. The fraction of sp³-hybridized carbons (Fsp3) is 0.340. The molecule has 0 aliphatic carbocycles. The van der Waals surface area contributed by atoms with Crippen molar-refractivity contribution in [3.63, 3.8) is 0 Å². The minimum Gasteiger partial charge on any atom is -0.497 e. The first-order valence-electron chi connectivity index (χ1n) is 20.6. The first kappa shape index (κ1) is 44.3. The maximum absolute atomic E-state index is 13.5. The Morgan fingerprint density at radius 3 is 2.06 bits per heavy atom. The third kappa shape index (κ3) is 9.64. The normalized spacial score (nSPS) is 15.9. The number of anilines is 1. The van der Waals surface area contributed by atoms with Crippen LogP contribution in [0.4, 0.5) is 5.82 Å². The van der Waals surface area contributed by atoms with Crippen LogP contribution in [0.15, 0.2) is 116 Å². The van der Waals surface area contributed by atoms with Gasteiger partial charge in [-0.25, -0.2) is 19.6 Å². The number of carbonyl (C=O) groups excluding carboxylic acids is 1. The molecule has 0 saturated carbocycles. The second-order valence-electron chi connectivity index (χ2n) is 15.2. The van der Waals surface area contributed by atoms with Crippen molar-refractivity contribution < 1.29 is 32.8 Å². The molecule has 7 rings (SSSR count). The van der Waals surface area contributed by atoms with Gasteiger partial charge in [-0.3, -0.25) is 9.36 Å². The Kier molecular flexibility index (Phi) is 14.6. The molecule has 1 fully saturated rings. The van der Waals surface area contributed by atoms with Gasteiger partial charge in [0, 0.05) is 24.1 Å². The standard InChI is InChI=1S/C47H52N7O7P/c1-32(2)54(33(3)4)62(60-27-13-26-48)61-40-28-42(58-29-40)53-41(51-43-44(49-31-50-45(43)53)52-46(55)34-14-9-7-10-15-34)30-59-47(35-16-11-8-12-17-35,36-18-22-38(56-5)23-19-36)37-20-24-39(57-6)25-21-37/h7-12,14-25,31-33,40,42H,13,27-30H2,1-6H3,(H,49,50,52,55)/t40-,42+,62?/m0/s1. The van der Waals surface area contributed by atoms with Gasteiger partial charge >= 0.3 is 0 Å². The van der Waals surface area contributed by atoms with Gasteiger partial charge in [0.1, 0.15) is 42.1 Å². The largest absolute Gasteiger partial charge is 0.497 e. The number of benzene rings is 4. The lowest BCUT2D eigenvalue weighted by atomic mass is 9.80. The molecule has 6 aromatic rings. The second kappa shape index (κ2) is 20.4. The molecule has 0 spiro atoms. The van der Waals surface area contributed by atoms with Crippen molar-refractivity contribution in [2.24, 2.45) is 0 Å². The van der Waals surface area contributed by atoms with Crippen molar-refractivity contribution in [3.05, 3.63) is 144 Å². The highest BCUT2D eigenvalue weighted by molar-refractivity contribution is 7.44. The summed E-state index contributed by atoms with van der Waals surface area (Å²) in [6.07, 6.45) is 1.14. The molecule has 322 valence electrons. The SMILES string of the molecule is COc1ccc(C(OCc2nc3c(NC(=O)c4ccccc4)ncnc3n2[C@H]2C[C@H](OP(OCCC#N)N(C(C)C)C(C)C)CO2)(c2ccccc2)c2ccc(OC)cc2)cc1. The predicted molar refractivity (Wildman–Crippen MR) is 237 cm³/mol. The van der Waals surface area contributed by atoms with Crippen LogP contribution in [0.2, 0.25) is 0 Å². The molecule has 4 aromatic carbocycles. The molecule has 1 unspecified atom stereocenters. The molecule has 14 nitrogen and oxygen atoms in total. The lowest BCUT2D eigenvalue weighted by molar-refractivity contribution is -0.0112. The summed E-state index contributed by atoms with van der Waals surface area (Å²) in [5, 5.41) is 12.2. The van der Waals surface area contributed by atoms with Crippen LogP contribution in [-0.2, 0) is 30.7 Å². The van der Waals surface area contributed by atoms with Gasteiger partial charge in [0.2, 0.25) is 0 Å². The van der Waals surface area contributed by atoms with E-state index in [2.05, 4.69) is 48.7 Å². The summed E-state index contributed by atoms with van der Waals surface area (Å²) in [5.74, 6) is 1.80. The Morgan fingerprint density at radius 1 is 0.887 bits per heavy atom. The predicted octanol–water partition coefficient (Wildman–Crippen LogP) is 9.18. The first-order chi connectivity index (χ1) is 30.2. The van der Waals surface area contributed by atoms with Crippen LogP contribution in [0, 0.1) is 11.3 Å². The van der Waals surface area contributed by atoms with E-state index in [0.717, 1.165) is 16.7 Å². The summed E-state index contributed by atoms with van der Waals surface area (Å²) in [5.41, 5.74) is 2.71. The third-order valence-electron chi connectivity index (χ3n) is 10.5. The van der Waals surface area contributed by atoms with Crippen LogP contribution in [0.5, 0.6) is 11.5 Å². The van der Waals surface area contributed by atoms with Crippen molar-refractivity contribution >= 4 is 31.4 Å². The number of nitrogens with one attached hydrogen (secondary N) is 1. The summed E-state index contributed by atoms with van der Waals surface area (Å²) in [6.45, 7) is 8.90. The number of hydrogen-bond donors (Lipinski definition) is 1. The minimum absolute atomic E-state index is 0.0285. The van der Waals surface area contributed by atoms with E-state index >= 15 is 0 Å². The van der Waals surface area contributed by atoms with Gasteiger partial charge < -0.3 is 33.3 Å². The van der Waals surface area contributed by atoms with Gasteiger partial charge in [-0.2, -0.15) is 5.26 Å². The molecule has 1 aliphatic heterocycles. The number of amides is 1. The topological polar surface area (TPSA) is 155 Å². The molecule has 0 bridgehead atoms. The van der Waals surface area contributed by atoms with Crippen LogP contribution in [0.1, 0.15) is 79.6 Å². The lowest BCUT2D eigenvalue weighted by Crippen LogP contribution is -2.34. The van der Waals surface area contributed by atoms with Crippen LogP contribution in [0.3, 0.4) is 0 Å². The number of ether oxygens (including phenoxy) is 4. The Hall–Kier alpha value is -5.78. The second-order valence-corrected chi connectivity index (χ2v) is 16.6. The fourth-order valence-corrected chi connectivity index (χ4v) is 9.43. The number of hydrogen-bond acceptors (Lipinski definition) is 12. The highest BCUT2D eigenvalue weighted by Gasteiger charge is 2.40. The highest BCUT2D eigenvalue weighted by atomic mass is 31.2. The number of carbonyl (C=O) groups is 1. The number of aromatic nitrogens is 4. The number of nitriles is 1. The van der Waals surface area contributed by atoms with Crippen LogP contribution in [-0.4, -0.2) is 75.7 Å². The number of nitrogens with zero attached hydrogens (tertiary/aromatic N) is 6. The van der Waals surface area contributed by atoms with E-state index in [1.165, 1.54) is 6.33 Å². The van der Waals surface area contributed by atoms with Crippen LogP contribution in [0.25, 0.3) is 11.2 Å². The fourth-order valence-electron chi connectivity index (χ4n) is 7.72. The molecule has 62 heavy (non-hydrogen) atoms. The summed E-state index contributed by atoms with van der Waals surface area (Å²) >= 11 is 0. The van der Waals surface area contributed by atoms with Gasteiger partial charge in [0.05, 0.1) is 46.0 Å². The maximum Gasteiger partial charge on any atom is 0.259 e. The van der Waals surface area contributed by atoms with Crippen molar-refractivity contribution in [3.8, 4) is 17.6 Å². The molecular weight excluding hydrogens is 806 g/mol. The van der Waals surface area contributed by atoms with Gasteiger partial charge in [-0.1, -0.05) is 72.8 Å². The highest BCUT2D eigenvalue weighted by Crippen LogP contribution is 2.49. The summed E-state index contributed by atoms with van der Waals surface area (Å²) in [6, 6.07) is 37.0. The number of methoxy groups -OCH3 is 2. The third-order valence-corrected chi connectivity index (χ3v) is 12.7. The number of imidazole rings is 1.